The highest BCUT2D eigenvalue weighted by molar-refractivity contribution is 5.89. The zero-order valence-corrected chi connectivity index (χ0v) is 21.1. The fourth-order valence-electron chi connectivity index (χ4n) is 5.07. The third-order valence-corrected chi connectivity index (χ3v) is 6.78. The van der Waals surface area contributed by atoms with Crippen LogP contribution >= 0.6 is 0 Å². The number of fused-ring (bicyclic) bond motifs is 1. The second kappa shape index (κ2) is 9.71. The van der Waals surface area contributed by atoms with Crippen LogP contribution in [0.3, 0.4) is 0 Å². The number of aromatic carboxylic acids is 1. The Morgan fingerprint density at radius 3 is 2.53 bits per heavy atom. The Morgan fingerprint density at radius 1 is 1.25 bits per heavy atom. The average Bonchev–Trinajstić information content (AvgIpc) is 3.52. The van der Waals surface area contributed by atoms with Gasteiger partial charge < -0.3 is 19.6 Å². The fourth-order valence-corrected chi connectivity index (χ4v) is 5.07. The summed E-state index contributed by atoms with van der Waals surface area (Å²) in [6.45, 7) is 7.52. The van der Waals surface area contributed by atoms with Crippen molar-refractivity contribution in [3.63, 3.8) is 0 Å². The Hall–Kier alpha value is -3.17. The van der Waals surface area contributed by atoms with Gasteiger partial charge in [0.15, 0.2) is 5.82 Å². The standard InChI is InChI=1S/C26H33F2N3O5/c1-15-21-18(17-5-6-17)11-19(24(33)34)23(32)31(21)14-20(28)22(15)29-9-7-16(12-29)13-30(10-8-27)25(35)36-26(2,3)4/h11,14,16-17H,5-10,12-13H2,1-4H3,(H,33,34). The topological polar surface area (TPSA) is 91.6 Å². The molecule has 4 rings (SSSR count). The third-order valence-electron chi connectivity index (χ3n) is 6.78. The number of carbonyl (C=O) groups excluding carboxylic acids is 1. The number of nitrogens with zero attached hydrogens (tertiary/aromatic N) is 3. The number of amides is 1. The van der Waals surface area contributed by atoms with Gasteiger partial charge in [-0.1, -0.05) is 0 Å². The molecular formula is C26H33F2N3O5. The molecule has 196 valence electrons. The summed E-state index contributed by atoms with van der Waals surface area (Å²) in [5.41, 5.74) is 0.443. The van der Waals surface area contributed by atoms with Gasteiger partial charge in [-0.05, 0) is 76.0 Å². The minimum atomic E-state index is -1.33. The molecule has 0 radical (unpaired) electrons. The molecule has 2 aromatic rings. The highest BCUT2D eigenvalue weighted by Crippen LogP contribution is 2.44. The summed E-state index contributed by atoms with van der Waals surface area (Å²) in [4.78, 5) is 40.3. The van der Waals surface area contributed by atoms with Crippen molar-refractivity contribution in [3.05, 3.63) is 45.1 Å². The number of anilines is 1. The average molecular weight is 506 g/mol. The maximum absolute atomic E-state index is 15.4. The minimum Gasteiger partial charge on any atom is -0.477 e. The van der Waals surface area contributed by atoms with E-state index in [2.05, 4.69) is 0 Å². The molecule has 1 unspecified atom stereocenters. The van der Waals surface area contributed by atoms with E-state index in [1.807, 2.05) is 4.90 Å². The minimum absolute atomic E-state index is 0.0152. The van der Waals surface area contributed by atoms with Gasteiger partial charge in [0.1, 0.15) is 17.8 Å². The molecule has 2 aromatic heterocycles. The molecule has 2 fully saturated rings. The van der Waals surface area contributed by atoms with E-state index in [0.29, 0.717) is 42.8 Å². The first-order valence-corrected chi connectivity index (χ1v) is 12.3. The van der Waals surface area contributed by atoms with E-state index in [0.717, 1.165) is 29.0 Å². The lowest BCUT2D eigenvalue weighted by atomic mass is 10.0. The van der Waals surface area contributed by atoms with Gasteiger partial charge in [0, 0.05) is 19.6 Å². The van der Waals surface area contributed by atoms with E-state index >= 15 is 4.39 Å². The number of hydrogen-bond acceptors (Lipinski definition) is 5. The molecule has 1 saturated carbocycles. The summed E-state index contributed by atoms with van der Waals surface area (Å²) in [6.07, 6.45) is 2.96. The molecule has 1 aliphatic heterocycles. The van der Waals surface area contributed by atoms with Crippen molar-refractivity contribution in [3.8, 4) is 0 Å². The van der Waals surface area contributed by atoms with Gasteiger partial charge in [0.2, 0.25) is 0 Å². The first kappa shape index (κ1) is 25.9. The van der Waals surface area contributed by atoms with Crippen molar-refractivity contribution in [1.29, 1.82) is 0 Å². The first-order valence-electron chi connectivity index (χ1n) is 12.3. The zero-order valence-electron chi connectivity index (χ0n) is 21.1. The van der Waals surface area contributed by atoms with E-state index in [4.69, 9.17) is 4.74 Å². The molecule has 3 heterocycles. The number of aromatic nitrogens is 1. The van der Waals surface area contributed by atoms with E-state index in [1.54, 1.807) is 27.7 Å². The Labute approximate surface area is 208 Å². The van der Waals surface area contributed by atoms with Crippen LogP contribution in [0.5, 0.6) is 0 Å². The largest absolute Gasteiger partial charge is 0.477 e. The predicted molar refractivity (Wildman–Crippen MR) is 131 cm³/mol. The summed E-state index contributed by atoms with van der Waals surface area (Å²) in [7, 11) is 0. The van der Waals surface area contributed by atoms with Gasteiger partial charge in [-0.25, -0.2) is 18.4 Å². The molecule has 0 bridgehead atoms. The zero-order chi connectivity index (χ0) is 26.4. The maximum Gasteiger partial charge on any atom is 0.410 e. The Bertz CT molecular complexity index is 1250. The van der Waals surface area contributed by atoms with Crippen molar-refractivity contribution in [1.82, 2.24) is 9.30 Å². The molecule has 1 N–H and O–H groups in total. The van der Waals surface area contributed by atoms with Crippen LogP contribution in [0.15, 0.2) is 17.1 Å². The van der Waals surface area contributed by atoms with Crippen molar-refractivity contribution in [2.45, 2.75) is 58.5 Å². The summed E-state index contributed by atoms with van der Waals surface area (Å²) in [5, 5.41) is 9.48. The number of carbonyl (C=O) groups is 2. The number of alkyl halides is 1. The highest BCUT2D eigenvalue weighted by atomic mass is 19.1. The van der Waals surface area contributed by atoms with Crippen LogP contribution in [0.1, 0.15) is 67.4 Å². The molecule has 2 aliphatic rings. The predicted octanol–water partition coefficient (Wildman–Crippen LogP) is 4.36. The van der Waals surface area contributed by atoms with Gasteiger partial charge in [0.25, 0.3) is 5.56 Å². The number of ether oxygens (including phenoxy) is 1. The molecule has 10 heteroatoms. The molecule has 1 atom stereocenters. The van der Waals surface area contributed by atoms with Crippen LogP contribution in [0.2, 0.25) is 0 Å². The second-order valence-corrected chi connectivity index (χ2v) is 10.8. The van der Waals surface area contributed by atoms with Crippen LogP contribution in [0, 0.1) is 18.7 Å². The maximum atomic E-state index is 15.4. The Balaban J connectivity index is 1.64. The van der Waals surface area contributed by atoms with Crippen molar-refractivity contribution in [2.75, 3.05) is 37.8 Å². The van der Waals surface area contributed by atoms with E-state index < -0.39 is 35.7 Å². The van der Waals surface area contributed by atoms with Gasteiger partial charge in [-0.3, -0.25) is 9.20 Å². The first-order chi connectivity index (χ1) is 16.9. The van der Waals surface area contributed by atoms with Crippen molar-refractivity contribution >= 4 is 23.3 Å². The number of carboxylic acid groups (broad SMARTS) is 1. The molecule has 1 aliphatic carbocycles. The van der Waals surface area contributed by atoms with Crippen molar-refractivity contribution < 1.29 is 28.2 Å². The molecule has 1 amide bonds. The smallest absolute Gasteiger partial charge is 0.410 e. The second-order valence-electron chi connectivity index (χ2n) is 10.8. The van der Waals surface area contributed by atoms with Crippen molar-refractivity contribution in [2.24, 2.45) is 5.92 Å². The fraction of sp³-hybridized carbons (Fsp3) is 0.577. The number of pyridine rings is 2. The van der Waals surface area contributed by atoms with Crippen LogP contribution < -0.4 is 10.5 Å². The van der Waals surface area contributed by atoms with Crippen LogP contribution in [-0.2, 0) is 4.74 Å². The SMILES string of the molecule is Cc1c(N2CCC(CN(CCF)C(=O)OC(C)(C)C)C2)c(F)cn2c(=O)c(C(=O)O)cc(C3CC3)c12. The molecular weight excluding hydrogens is 472 g/mol. The van der Waals surface area contributed by atoms with Gasteiger partial charge >= 0.3 is 12.1 Å². The lowest BCUT2D eigenvalue weighted by Gasteiger charge is -2.29. The quantitative estimate of drug-likeness (QED) is 0.602. The number of hydrogen-bond donors (Lipinski definition) is 1. The number of halogens is 2. The molecule has 8 nitrogen and oxygen atoms in total. The molecule has 36 heavy (non-hydrogen) atoms. The van der Waals surface area contributed by atoms with Gasteiger partial charge in [0.05, 0.1) is 23.9 Å². The summed E-state index contributed by atoms with van der Waals surface area (Å²) >= 11 is 0. The normalized spacial score (nSPS) is 18.1. The third kappa shape index (κ3) is 5.17. The summed E-state index contributed by atoms with van der Waals surface area (Å²) < 4.78 is 35.1. The number of carboxylic acids is 1. The monoisotopic (exact) mass is 505 g/mol. The van der Waals surface area contributed by atoms with Crippen LogP contribution in [0.25, 0.3) is 5.52 Å². The highest BCUT2D eigenvalue weighted by Gasteiger charge is 2.33. The van der Waals surface area contributed by atoms with Crippen LogP contribution in [-0.4, -0.2) is 64.9 Å². The molecule has 1 saturated heterocycles. The summed E-state index contributed by atoms with van der Waals surface area (Å²) in [6, 6.07) is 1.44. The lowest BCUT2D eigenvalue weighted by Crippen LogP contribution is -2.41. The molecule has 0 spiro atoms. The Kier molecular flexibility index (Phi) is 6.99. The number of rotatable bonds is 7. The van der Waals surface area contributed by atoms with Crippen LogP contribution in [0.4, 0.5) is 19.3 Å². The van der Waals surface area contributed by atoms with E-state index in [9.17, 15) is 23.9 Å². The lowest BCUT2D eigenvalue weighted by molar-refractivity contribution is 0.0213. The van der Waals surface area contributed by atoms with E-state index in [1.165, 1.54) is 11.0 Å². The van der Waals surface area contributed by atoms with Gasteiger partial charge in [-0.15, -0.1) is 0 Å². The van der Waals surface area contributed by atoms with E-state index in [-0.39, 0.29) is 23.9 Å². The summed E-state index contributed by atoms with van der Waals surface area (Å²) in [5.74, 6) is -1.81. The number of aryl methyl sites for hydroxylation is 1. The Morgan fingerprint density at radius 2 is 1.94 bits per heavy atom. The molecule has 0 aromatic carbocycles. The van der Waals surface area contributed by atoms with Gasteiger partial charge in [-0.2, -0.15) is 0 Å².